The summed E-state index contributed by atoms with van der Waals surface area (Å²) in [5.41, 5.74) is 1.71. The van der Waals surface area contributed by atoms with Crippen molar-refractivity contribution in [3.05, 3.63) is 47.5 Å². The lowest BCUT2D eigenvalue weighted by Gasteiger charge is -2.37. The monoisotopic (exact) mass is 482 g/mol. The second-order valence-corrected chi connectivity index (χ2v) is 10.4. The number of nitrogens with zero attached hydrogens (tertiary/aromatic N) is 4. The van der Waals surface area contributed by atoms with Crippen molar-refractivity contribution < 1.29 is 22.7 Å². The molecule has 3 heterocycles. The van der Waals surface area contributed by atoms with E-state index in [-0.39, 0.29) is 17.0 Å². The number of carbonyl (C=O) groups is 1. The summed E-state index contributed by atoms with van der Waals surface area (Å²) in [5.74, 6) is 0.894. The van der Waals surface area contributed by atoms with E-state index in [0.717, 1.165) is 49.1 Å². The second-order valence-electron chi connectivity index (χ2n) is 8.55. The first-order chi connectivity index (χ1) is 16.5. The molecule has 1 saturated heterocycles. The summed E-state index contributed by atoms with van der Waals surface area (Å²) in [6.07, 6.45) is 1.41. The van der Waals surface area contributed by atoms with Gasteiger partial charge >= 0.3 is 0 Å². The summed E-state index contributed by atoms with van der Waals surface area (Å²) >= 11 is 0. The van der Waals surface area contributed by atoms with Gasteiger partial charge in [-0.25, -0.2) is 12.7 Å². The number of nitriles is 1. The molecular weight excluding hydrogens is 456 g/mol. The van der Waals surface area contributed by atoms with Crippen LogP contribution < -0.4 is 14.4 Å². The van der Waals surface area contributed by atoms with Crippen LogP contribution in [0.2, 0.25) is 0 Å². The number of hydrogen-bond donors (Lipinski definition) is 0. The van der Waals surface area contributed by atoms with Crippen LogP contribution in [0.3, 0.4) is 0 Å². The molecule has 5 rings (SSSR count). The number of rotatable bonds is 6. The Kier molecular flexibility index (Phi) is 6.06. The molecule has 0 bridgehead atoms. The van der Waals surface area contributed by atoms with Gasteiger partial charge in [0.2, 0.25) is 0 Å². The summed E-state index contributed by atoms with van der Waals surface area (Å²) < 4.78 is 37.8. The topological polar surface area (TPSA) is 103 Å². The molecule has 3 aliphatic rings. The van der Waals surface area contributed by atoms with Crippen molar-refractivity contribution in [2.75, 3.05) is 57.4 Å². The number of unbranched alkanes of at least 4 members (excludes halogenated alkanes) is 1. The summed E-state index contributed by atoms with van der Waals surface area (Å²) in [6.45, 7) is 5.27. The standard InChI is InChI=1S/C24H26N4O5S/c25-17-18-15-20(23-21(16-18)32-13-14-33-23)27-11-9-26(10-12-27)7-3-4-8-28-24(29)19-5-1-2-6-22(19)34(28,30)31/h1-2,5-6,15-16H,3-4,7-14H2. The lowest BCUT2D eigenvalue weighted by Crippen LogP contribution is -2.47. The molecule has 2 aromatic rings. The van der Waals surface area contributed by atoms with E-state index in [1.165, 1.54) is 6.07 Å². The van der Waals surface area contributed by atoms with Gasteiger partial charge in [0.25, 0.3) is 15.9 Å². The van der Waals surface area contributed by atoms with E-state index in [1.54, 1.807) is 24.3 Å². The summed E-state index contributed by atoms with van der Waals surface area (Å²) in [4.78, 5) is 17.2. The number of anilines is 1. The maximum Gasteiger partial charge on any atom is 0.269 e. The summed E-state index contributed by atoms with van der Waals surface area (Å²) in [7, 11) is -3.73. The van der Waals surface area contributed by atoms with Crippen LogP contribution in [0.15, 0.2) is 41.3 Å². The smallest absolute Gasteiger partial charge is 0.269 e. The first-order valence-electron chi connectivity index (χ1n) is 11.5. The molecule has 0 radical (unpaired) electrons. The van der Waals surface area contributed by atoms with Crippen molar-refractivity contribution in [2.45, 2.75) is 17.7 Å². The Morgan fingerprint density at radius 2 is 1.71 bits per heavy atom. The minimum Gasteiger partial charge on any atom is -0.486 e. The number of amides is 1. The van der Waals surface area contributed by atoms with Gasteiger partial charge in [0.15, 0.2) is 11.5 Å². The molecule has 9 nitrogen and oxygen atoms in total. The first-order valence-corrected chi connectivity index (χ1v) is 12.9. The molecule has 0 N–H and O–H groups in total. The molecule has 1 fully saturated rings. The van der Waals surface area contributed by atoms with E-state index in [1.807, 2.05) is 6.07 Å². The van der Waals surface area contributed by atoms with Gasteiger partial charge < -0.3 is 14.4 Å². The van der Waals surface area contributed by atoms with E-state index >= 15 is 0 Å². The van der Waals surface area contributed by atoms with Gasteiger partial charge in [-0.05, 0) is 37.6 Å². The molecule has 0 atom stereocenters. The number of carbonyl (C=O) groups excluding carboxylic acids is 1. The van der Waals surface area contributed by atoms with Crippen LogP contribution in [0.25, 0.3) is 0 Å². The average molecular weight is 483 g/mol. The molecule has 0 spiro atoms. The zero-order valence-corrected chi connectivity index (χ0v) is 19.6. The zero-order chi connectivity index (χ0) is 23.7. The molecule has 2 aromatic carbocycles. The Hall–Kier alpha value is -3.29. The van der Waals surface area contributed by atoms with Crippen LogP contribution in [-0.2, 0) is 10.0 Å². The van der Waals surface area contributed by atoms with Gasteiger partial charge in [0.05, 0.1) is 22.9 Å². The van der Waals surface area contributed by atoms with Crippen molar-refractivity contribution in [1.29, 1.82) is 5.26 Å². The van der Waals surface area contributed by atoms with Crippen LogP contribution in [0.4, 0.5) is 5.69 Å². The van der Waals surface area contributed by atoms with E-state index in [2.05, 4.69) is 15.9 Å². The molecular formula is C24H26N4O5S. The van der Waals surface area contributed by atoms with E-state index in [0.29, 0.717) is 36.7 Å². The lowest BCUT2D eigenvalue weighted by atomic mass is 10.1. The van der Waals surface area contributed by atoms with Crippen molar-refractivity contribution in [1.82, 2.24) is 9.21 Å². The van der Waals surface area contributed by atoms with Crippen LogP contribution in [-0.4, -0.2) is 76.0 Å². The molecule has 0 unspecified atom stereocenters. The van der Waals surface area contributed by atoms with Gasteiger partial charge in [-0.2, -0.15) is 5.26 Å². The maximum atomic E-state index is 12.7. The fourth-order valence-corrected chi connectivity index (χ4v) is 6.30. The SMILES string of the molecule is N#Cc1cc2c(c(N3CCN(CCCCN4C(=O)c5ccccc5S4(=O)=O)CC3)c1)OCCO2. The number of hydrogen-bond acceptors (Lipinski definition) is 8. The molecule has 0 aliphatic carbocycles. The minimum atomic E-state index is -3.73. The third-order valence-electron chi connectivity index (χ3n) is 6.46. The van der Waals surface area contributed by atoms with E-state index in [4.69, 9.17) is 9.47 Å². The highest BCUT2D eigenvalue weighted by molar-refractivity contribution is 7.90. The van der Waals surface area contributed by atoms with E-state index < -0.39 is 15.9 Å². The molecule has 34 heavy (non-hydrogen) atoms. The van der Waals surface area contributed by atoms with Crippen molar-refractivity contribution in [3.8, 4) is 17.6 Å². The lowest BCUT2D eigenvalue weighted by molar-refractivity contribution is 0.0868. The summed E-state index contributed by atoms with van der Waals surface area (Å²) in [5, 5.41) is 9.37. The Balaban J connectivity index is 1.13. The van der Waals surface area contributed by atoms with Crippen LogP contribution in [0, 0.1) is 11.3 Å². The molecule has 10 heteroatoms. The fraction of sp³-hybridized carbons (Fsp3) is 0.417. The normalized spacial score (nSPS) is 19.1. The molecule has 0 aromatic heterocycles. The van der Waals surface area contributed by atoms with Gasteiger partial charge in [-0.1, -0.05) is 12.1 Å². The van der Waals surface area contributed by atoms with E-state index in [9.17, 15) is 18.5 Å². The molecule has 3 aliphatic heterocycles. The number of benzene rings is 2. The predicted molar refractivity (Wildman–Crippen MR) is 125 cm³/mol. The predicted octanol–water partition coefficient (Wildman–Crippen LogP) is 2.08. The number of ether oxygens (including phenoxy) is 2. The van der Waals surface area contributed by atoms with Gasteiger partial charge in [0.1, 0.15) is 18.1 Å². The highest BCUT2D eigenvalue weighted by atomic mass is 32.2. The highest BCUT2D eigenvalue weighted by Gasteiger charge is 2.40. The van der Waals surface area contributed by atoms with Crippen LogP contribution >= 0.6 is 0 Å². The summed E-state index contributed by atoms with van der Waals surface area (Å²) in [6, 6.07) is 12.1. The largest absolute Gasteiger partial charge is 0.486 e. The Labute approximate surface area is 199 Å². The first kappa shape index (κ1) is 22.5. The quantitative estimate of drug-likeness (QED) is 0.577. The fourth-order valence-electron chi connectivity index (χ4n) is 4.69. The van der Waals surface area contributed by atoms with Crippen molar-refractivity contribution >= 4 is 21.6 Å². The van der Waals surface area contributed by atoms with Gasteiger partial charge in [-0.15, -0.1) is 0 Å². The van der Waals surface area contributed by atoms with Crippen LogP contribution in [0.5, 0.6) is 11.5 Å². The van der Waals surface area contributed by atoms with Crippen molar-refractivity contribution in [3.63, 3.8) is 0 Å². The average Bonchev–Trinajstić information content (AvgIpc) is 3.06. The highest BCUT2D eigenvalue weighted by Crippen LogP contribution is 2.41. The Morgan fingerprint density at radius 1 is 0.971 bits per heavy atom. The van der Waals surface area contributed by atoms with Crippen molar-refractivity contribution in [2.24, 2.45) is 0 Å². The number of sulfonamides is 1. The Morgan fingerprint density at radius 3 is 2.47 bits per heavy atom. The molecule has 178 valence electrons. The second kappa shape index (κ2) is 9.16. The minimum absolute atomic E-state index is 0.105. The molecule has 1 amide bonds. The maximum absolute atomic E-state index is 12.7. The number of piperazine rings is 1. The third kappa shape index (κ3) is 4.06. The molecule has 0 saturated carbocycles. The van der Waals surface area contributed by atoms with Crippen LogP contribution in [0.1, 0.15) is 28.8 Å². The third-order valence-corrected chi connectivity index (χ3v) is 8.30. The zero-order valence-electron chi connectivity index (χ0n) is 18.8. The Bertz CT molecular complexity index is 1250. The van der Waals surface area contributed by atoms with Gasteiger partial charge in [-0.3, -0.25) is 9.69 Å². The van der Waals surface area contributed by atoms with Gasteiger partial charge in [0, 0.05) is 38.8 Å². The number of fused-ring (bicyclic) bond motifs is 2.